The smallest absolute Gasteiger partial charge is 0.412 e. The van der Waals surface area contributed by atoms with Gasteiger partial charge in [0, 0.05) is 42.5 Å². The highest BCUT2D eigenvalue weighted by atomic mass is 35.5. The summed E-state index contributed by atoms with van der Waals surface area (Å²) in [6.07, 6.45) is 4.89. The number of furan rings is 1. The van der Waals surface area contributed by atoms with Crippen LogP contribution in [0, 0.1) is 6.92 Å². The maximum atomic E-state index is 12.5. The monoisotopic (exact) mass is 501 g/mol. The fraction of sp³-hybridized carbons (Fsp3) is 0.0769. The molecule has 0 aliphatic heterocycles. The first-order valence-corrected chi connectivity index (χ1v) is 11.3. The molecule has 5 aromatic rings. The third-order valence-electron chi connectivity index (χ3n) is 5.38. The number of carbonyl (C=O) groups excluding carboxylic acids is 2. The number of ether oxygens (including phenoxy) is 1. The Balaban J connectivity index is 1.40. The minimum atomic E-state index is -0.532. The van der Waals surface area contributed by atoms with Gasteiger partial charge in [-0.25, -0.2) is 14.8 Å². The predicted molar refractivity (Wildman–Crippen MR) is 135 cm³/mol. The number of rotatable bonds is 5. The van der Waals surface area contributed by atoms with Crippen LogP contribution < -0.4 is 15.4 Å². The van der Waals surface area contributed by atoms with Crippen LogP contribution in [0.15, 0.2) is 77.6 Å². The lowest BCUT2D eigenvalue weighted by Gasteiger charge is -2.07. The first-order chi connectivity index (χ1) is 17.4. The van der Waals surface area contributed by atoms with E-state index in [1.165, 1.54) is 7.05 Å². The van der Waals surface area contributed by atoms with Gasteiger partial charge in [-0.15, -0.1) is 0 Å². The molecule has 0 aliphatic rings. The molecule has 180 valence electrons. The summed E-state index contributed by atoms with van der Waals surface area (Å²) in [7, 11) is 1.50. The number of aryl methyl sites for hydroxylation is 1. The minimum Gasteiger partial charge on any atom is -0.456 e. The molecule has 2 aromatic carbocycles. The maximum Gasteiger partial charge on any atom is 0.412 e. The van der Waals surface area contributed by atoms with Gasteiger partial charge in [-0.3, -0.25) is 9.20 Å². The van der Waals surface area contributed by atoms with Crippen LogP contribution in [0.3, 0.4) is 0 Å². The Morgan fingerprint density at radius 3 is 2.56 bits per heavy atom. The summed E-state index contributed by atoms with van der Waals surface area (Å²) in [6.45, 7) is 1.77. The molecule has 0 spiro atoms. The van der Waals surface area contributed by atoms with Gasteiger partial charge in [-0.2, -0.15) is 0 Å². The number of nitrogens with one attached hydrogen (secondary N) is 2. The standard InChI is InChI=1S/C26H20ClN5O4/c1-15-3-10-23(35-15)24(33)30-18-6-9-21(27)20(11-18)22-14-32-13-17(12-29-25(32)31-22)16-4-7-19(8-5-16)36-26(34)28-2/h3-14H,1-2H3,(H,28,34)(H,30,33). The van der Waals surface area contributed by atoms with E-state index in [1.807, 2.05) is 24.5 Å². The minimum absolute atomic E-state index is 0.224. The predicted octanol–water partition coefficient (Wildman–Crippen LogP) is 5.59. The first kappa shape index (κ1) is 23.1. The Morgan fingerprint density at radius 2 is 1.83 bits per heavy atom. The van der Waals surface area contributed by atoms with Crippen LogP contribution in [0.4, 0.5) is 10.5 Å². The highest BCUT2D eigenvalue weighted by molar-refractivity contribution is 6.33. The van der Waals surface area contributed by atoms with Gasteiger partial charge in [-0.05, 0) is 55.0 Å². The summed E-state index contributed by atoms with van der Waals surface area (Å²) in [5, 5.41) is 5.70. The molecule has 0 atom stereocenters. The van der Waals surface area contributed by atoms with E-state index in [9.17, 15) is 9.59 Å². The summed E-state index contributed by atoms with van der Waals surface area (Å²) < 4.78 is 12.3. The number of aromatic nitrogens is 3. The van der Waals surface area contributed by atoms with Crippen LogP contribution >= 0.6 is 11.6 Å². The molecule has 0 radical (unpaired) electrons. The van der Waals surface area contributed by atoms with E-state index >= 15 is 0 Å². The van der Waals surface area contributed by atoms with Crippen molar-refractivity contribution in [3.63, 3.8) is 0 Å². The molecule has 3 heterocycles. The lowest BCUT2D eigenvalue weighted by atomic mass is 10.1. The molecule has 2 amide bonds. The molecule has 0 fully saturated rings. The highest BCUT2D eigenvalue weighted by Crippen LogP contribution is 2.31. The number of halogens is 1. The van der Waals surface area contributed by atoms with Crippen molar-refractivity contribution in [3.8, 4) is 28.1 Å². The Kier molecular flexibility index (Phi) is 6.14. The number of benzene rings is 2. The largest absolute Gasteiger partial charge is 0.456 e. The SMILES string of the molecule is CNC(=O)Oc1ccc(-c2cnc3nc(-c4cc(NC(=O)c5ccc(C)o5)ccc4Cl)cn3c2)cc1. The van der Waals surface area contributed by atoms with Crippen molar-refractivity contribution in [2.24, 2.45) is 0 Å². The third kappa shape index (κ3) is 4.77. The van der Waals surface area contributed by atoms with Crippen molar-refractivity contribution in [1.29, 1.82) is 0 Å². The van der Waals surface area contributed by atoms with Gasteiger partial charge in [0.1, 0.15) is 11.5 Å². The molecule has 0 saturated carbocycles. The number of fused-ring (bicyclic) bond motifs is 1. The van der Waals surface area contributed by atoms with Gasteiger partial charge in [0.15, 0.2) is 5.76 Å². The van der Waals surface area contributed by atoms with E-state index < -0.39 is 6.09 Å². The number of anilines is 1. The van der Waals surface area contributed by atoms with Gasteiger partial charge < -0.3 is 19.8 Å². The lowest BCUT2D eigenvalue weighted by molar-refractivity contribution is 0.0995. The fourth-order valence-corrected chi connectivity index (χ4v) is 3.80. The van der Waals surface area contributed by atoms with E-state index in [-0.39, 0.29) is 11.7 Å². The third-order valence-corrected chi connectivity index (χ3v) is 5.71. The van der Waals surface area contributed by atoms with E-state index in [4.69, 9.17) is 20.8 Å². The van der Waals surface area contributed by atoms with Gasteiger partial charge in [0.25, 0.3) is 5.91 Å². The molecule has 0 aliphatic carbocycles. The van der Waals surface area contributed by atoms with Crippen molar-refractivity contribution in [1.82, 2.24) is 19.7 Å². The van der Waals surface area contributed by atoms with E-state index in [1.54, 1.807) is 60.0 Å². The van der Waals surface area contributed by atoms with E-state index in [0.717, 1.165) is 11.1 Å². The summed E-state index contributed by atoms with van der Waals surface area (Å²) in [4.78, 5) is 32.9. The summed E-state index contributed by atoms with van der Waals surface area (Å²) in [5.41, 5.74) is 3.54. The molecule has 3 aromatic heterocycles. The van der Waals surface area contributed by atoms with Gasteiger partial charge in [-0.1, -0.05) is 23.7 Å². The molecule has 0 unspecified atom stereocenters. The van der Waals surface area contributed by atoms with E-state index in [0.29, 0.717) is 39.3 Å². The fourth-order valence-electron chi connectivity index (χ4n) is 3.59. The normalized spacial score (nSPS) is 10.9. The quantitative estimate of drug-likeness (QED) is 0.325. The topological polar surface area (TPSA) is 111 Å². The Bertz CT molecular complexity index is 1590. The average Bonchev–Trinajstić information content (AvgIpc) is 3.51. The van der Waals surface area contributed by atoms with Crippen molar-refractivity contribution < 1.29 is 18.7 Å². The van der Waals surface area contributed by atoms with Crippen LogP contribution in [0.25, 0.3) is 28.2 Å². The summed E-state index contributed by atoms with van der Waals surface area (Å²) in [6, 6.07) is 15.6. The van der Waals surface area contributed by atoms with Crippen LogP contribution in [-0.4, -0.2) is 33.4 Å². The summed E-state index contributed by atoms with van der Waals surface area (Å²) >= 11 is 6.46. The number of amides is 2. The Labute approximate surface area is 210 Å². The summed E-state index contributed by atoms with van der Waals surface area (Å²) in [5.74, 6) is 1.44. The zero-order valence-electron chi connectivity index (χ0n) is 19.3. The highest BCUT2D eigenvalue weighted by Gasteiger charge is 2.14. The zero-order chi connectivity index (χ0) is 25.2. The van der Waals surface area contributed by atoms with Crippen LogP contribution in [-0.2, 0) is 0 Å². The van der Waals surface area contributed by atoms with Gasteiger partial charge >= 0.3 is 6.09 Å². The second kappa shape index (κ2) is 9.55. The molecular weight excluding hydrogens is 482 g/mol. The number of nitrogens with zero attached hydrogens (tertiary/aromatic N) is 3. The van der Waals surface area contributed by atoms with Crippen molar-refractivity contribution in [3.05, 3.63) is 89.7 Å². The Morgan fingerprint density at radius 1 is 1.03 bits per heavy atom. The van der Waals surface area contributed by atoms with Crippen LogP contribution in [0.1, 0.15) is 16.3 Å². The Hall–Kier alpha value is -4.63. The maximum absolute atomic E-state index is 12.5. The number of carbonyl (C=O) groups is 2. The van der Waals surface area contributed by atoms with Crippen LogP contribution in [0.2, 0.25) is 5.02 Å². The molecule has 5 rings (SSSR count). The second-order valence-corrected chi connectivity index (χ2v) is 8.31. The zero-order valence-corrected chi connectivity index (χ0v) is 20.0. The molecule has 2 N–H and O–H groups in total. The van der Waals surface area contributed by atoms with Crippen LogP contribution in [0.5, 0.6) is 5.75 Å². The average molecular weight is 502 g/mol. The number of imidazole rings is 1. The molecule has 0 saturated heterocycles. The van der Waals surface area contributed by atoms with Crippen molar-refractivity contribution >= 4 is 35.1 Å². The molecule has 10 heteroatoms. The number of hydrogen-bond donors (Lipinski definition) is 2. The van der Waals surface area contributed by atoms with Crippen molar-refractivity contribution in [2.45, 2.75) is 6.92 Å². The van der Waals surface area contributed by atoms with Crippen molar-refractivity contribution in [2.75, 3.05) is 12.4 Å². The second-order valence-electron chi connectivity index (χ2n) is 7.90. The first-order valence-electron chi connectivity index (χ1n) is 10.9. The molecular formula is C26H20ClN5O4. The van der Waals surface area contributed by atoms with E-state index in [2.05, 4.69) is 20.6 Å². The molecule has 36 heavy (non-hydrogen) atoms. The lowest BCUT2D eigenvalue weighted by Crippen LogP contribution is -2.21. The molecule has 9 nitrogen and oxygen atoms in total. The number of hydrogen-bond acceptors (Lipinski definition) is 6. The van der Waals surface area contributed by atoms with Gasteiger partial charge in [0.05, 0.1) is 10.7 Å². The molecule has 0 bridgehead atoms. The van der Waals surface area contributed by atoms with Gasteiger partial charge in [0.2, 0.25) is 5.78 Å².